The Morgan fingerprint density at radius 1 is 1.06 bits per heavy atom. The molecule has 0 saturated heterocycles. The first-order valence-electron chi connectivity index (χ1n) is 10.3. The average molecular weight is 494 g/mol. The summed E-state index contributed by atoms with van der Waals surface area (Å²) in [5.74, 6) is -0.878. The number of halogens is 2. The fourth-order valence-corrected chi connectivity index (χ4v) is 5.29. The van der Waals surface area contributed by atoms with Crippen LogP contribution in [0.4, 0.5) is 10.1 Å². The van der Waals surface area contributed by atoms with Gasteiger partial charge in [-0.15, -0.1) is 11.8 Å². The molecule has 0 fully saturated rings. The Morgan fingerprint density at radius 3 is 2.59 bits per heavy atom. The van der Waals surface area contributed by atoms with E-state index in [0.717, 1.165) is 15.0 Å². The third kappa shape index (κ3) is 4.18. The van der Waals surface area contributed by atoms with Gasteiger partial charge in [0.15, 0.2) is 0 Å². The van der Waals surface area contributed by atoms with Gasteiger partial charge in [-0.2, -0.15) is 0 Å². The highest BCUT2D eigenvalue weighted by Crippen LogP contribution is 2.45. The van der Waals surface area contributed by atoms with E-state index >= 15 is 0 Å². The number of aliphatic imine (C=N–C) groups is 1. The van der Waals surface area contributed by atoms with Crippen LogP contribution in [0.5, 0.6) is 5.88 Å². The Morgan fingerprint density at radius 2 is 1.82 bits per heavy atom. The van der Waals surface area contributed by atoms with Gasteiger partial charge in [-0.1, -0.05) is 41.9 Å². The molecule has 5 rings (SSSR count). The average Bonchev–Trinajstić information content (AvgIpc) is 2.99. The number of aromatic nitrogens is 2. The highest BCUT2D eigenvalue weighted by molar-refractivity contribution is 7.99. The summed E-state index contributed by atoms with van der Waals surface area (Å²) in [6.07, 6.45) is 0.259. The Bertz CT molecular complexity index is 1550. The maximum absolute atomic E-state index is 13.5. The summed E-state index contributed by atoms with van der Waals surface area (Å²) in [4.78, 5) is 33.4. The third-order valence-electron chi connectivity index (χ3n) is 5.45. The zero-order valence-corrected chi connectivity index (χ0v) is 19.1. The fraction of sp³-hybridized carbons (Fsp3) is 0.0800. The van der Waals surface area contributed by atoms with E-state index in [9.17, 15) is 19.1 Å². The SMILES string of the molecule is O=c1[nH]c(=O)n(-c2cccc(Cl)c2)c(O)c1C1=Nc2ccccc2S[C@@H](c2ccc(F)cc2)C1. The summed E-state index contributed by atoms with van der Waals surface area (Å²) in [7, 11) is 0. The van der Waals surface area contributed by atoms with Crippen molar-refractivity contribution < 1.29 is 9.50 Å². The van der Waals surface area contributed by atoms with E-state index in [1.807, 2.05) is 24.3 Å². The van der Waals surface area contributed by atoms with Crippen LogP contribution in [-0.4, -0.2) is 20.4 Å². The summed E-state index contributed by atoms with van der Waals surface area (Å²) in [6.45, 7) is 0. The van der Waals surface area contributed by atoms with Crippen LogP contribution in [0.3, 0.4) is 0 Å². The van der Waals surface area contributed by atoms with Crippen LogP contribution in [0, 0.1) is 5.82 Å². The maximum atomic E-state index is 13.5. The van der Waals surface area contributed by atoms with Gasteiger partial charge in [-0.05, 0) is 48.0 Å². The van der Waals surface area contributed by atoms with Crippen molar-refractivity contribution in [2.75, 3.05) is 0 Å². The number of nitrogens with one attached hydrogen (secondary N) is 1. The van der Waals surface area contributed by atoms with Crippen LogP contribution >= 0.6 is 23.4 Å². The lowest BCUT2D eigenvalue weighted by Crippen LogP contribution is -2.33. The van der Waals surface area contributed by atoms with Gasteiger partial charge in [0.25, 0.3) is 5.56 Å². The Labute approximate surface area is 202 Å². The molecule has 6 nitrogen and oxygen atoms in total. The number of nitrogens with zero attached hydrogens (tertiary/aromatic N) is 2. The molecular formula is C25H17ClFN3O3S. The van der Waals surface area contributed by atoms with Gasteiger partial charge in [-0.3, -0.25) is 14.8 Å². The van der Waals surface area contributed by atoms with E-state index in [1.165, 1.54) is 30.0 Å². The Balaban J connectivity index is 1.71. The zero-order valence-electron chi connectivity index (χ0n) is 17.5. The van der Waals surface area contributed by atoms with Gasteiger partial charge in [0.1, 0.15) is 11.4 Å². The van der Waals surface area contributed by atoms with Crippen molar-refractivity contribution in [1.82, 2.24) is 9.55 Å². The van der Waals surface area contributed by atoms with Crippen LogP contribution < -0.4 is 11.2 Å². The third-order valence-corrected chi connectivity index (χ3v) is 7.01. The lowest BCUT2D eigenvalue weighted by Gasteiger charge is -2.17. The largest absolute Gasteiger partial charge is 0.493 e. The predicted molar refractivity (Wildman–Crippen MR) is 132 cm³/mol. The highest BCUT2D eigenvalue weighted by Gasteiger charge is 2.27. The number of rotatable bonds is 3. The smallest absolute Gasteiger partial charge is 0.335 e. The molecule has 0 aliphatic carbocycles. The quantitative estimate of drug-likeness (QED) is 0.401. The fourth-order valence-electron chi connectivity index (χ4n) is 3.87. The van der Waals surface area contributed by atoms with E-state index in [2.05, 4.69) is 4.98 Å². The minimum atomic E-state index is -0.799. The molecule has 1 aliphatic heterocycles. The number of aromatic amines is 1. The topological polar surface area (TPSA) is 87.5 Å². The summed E-state index contributed by atoms with van der Waals surface area (Å²) >= 11 is 7.61. The lowest BCUT2D eigenvalue weighted by atomic mass is 10.0. The molecule has 2 N–H and O–H groups in total. The summed E-state index contributed by atoms with van der Waals surface area (Å²) in [5.41, 5.74) is 0.424. The van der Waals surface area contributed by atoms with E-state index < -0.39 is 17.1 Å². The zero-order chi connectivity index (χ0) is 23.8. The van der Waals surface area contributed by atoms with Gasteiger partial charge >= 0.3 is 5.69 Å². The molecule has 0 spiro atoms. The normalized spacial score (nSPS) is 15.4. The molecule has 0 saturated carbocycles. The van der Waals surface area contributed by atoms with Crippen molar-refractivity contribution in [2.24, 2.45) is 4.99 Å². The molecule has 9 heteroatoms. The number of aromatic hydroxyl groups is 1. The molecular weight excluding hydrogens is 477 g/mol. The number of hydrogen-bond acceptors (Lipinski definition) is 5. The van der Waals surface area contributed by atoms with E-state index in [1.54, 1.807) is 30.3 Å². The van der Waals surface area contributed by atoms with Crippen molar-refractivity contribution in [1.29, 1.82) is 0 Å². The van der Waals surface area contributed by atoms with E-state index in [4.69, 9.17) is 16.6 Å². The molecule has 3 aromatic carbocycles. The number of para-hydroxylation sites is 1. The molecule has 0 unspecified atom stereocenters. The second kappa shape index (κ2) is 8.96. The maximum Gasteiger partial charge on any atom is 0.335 e. The second-order valence-corrected chi connectivity index (χ2v) is 9.34. The predicted octanol–water partition coefficient (Wildman–Crippen LogP) is 5.38. The first-order chi connectivity index (χ1) is 16.4. The molecule has 0 radical (unpaired) electrons. The molecule has 1 atom stereocenters. The number of hydrogen-bond donors (Lipinski definition) is 2. The molecule has 0 bridgehead atoms. The minimum Gasteiger partial charge on any atom is -0.493 e. The molecule has 4 aromatic rings. The summed E-state index contributed by atoms with van der Waals surface area (Å²) in [5, 5.41) is 11.3. The highest BCUT2D eigenvalue weighted by atomic mass is 35.5. The van der Waals surface area contributed by atoms with Crippen LogP contribution in [0.1, 0.15) is 22.8 Å². The van der Waals surface area contributed by atoms with Crippen molar-refractivity contribution in [3.05, 3.63) is 116 Å². The monoisotopic (exact) mass is 493 g/mol. The molecule has 1 aliphatic rings. The van der Waals surface area contributed by atoms with Gasteiger partial charge < -0.3 is 5.11 Å². The van der Waals surface area contributed by atoms with E-state index in [-0.39, 0.29) is 23.1 Å². The van der Waals surface area contributed by atoms with Crippen molar-refractivity contribution in [3.63, 3.8) is 0 Å². The van der Waals surface area contributed by atoms with Crippen molar-refractivity contribution in [3.8, 4) is 11.6 Å². The molecule has 0 amide bonds. The van der Waals surface area contributed by atoms with Gasteiger partial charge in [0, 0.05) is 21.6 Å². The second-order valence-electron chi connectivity index (χ2n) is 7.66. The molecule has 34 heavy (non-hydrogen) atoms. The van der Waals surface area contributed by atoms with Gasteiger partial charge in [0.05, 0.1) is 17.1 Å². The van der Waals surface area contributed by atoms with Crippen molar-refractivity contribution >= 4 is 34.8 Å². The van der Waals surface area contributed by atoms with Gasteiger partial charge in [-0.25, -0.2) is 13.8 Å². The van der Waals surface area contributed by atoms with Crippen LogP contribution in [0.15, 0.2) is 92.3 Å². The first-order valence-corrected chi connectivity index (χ1v) is 11.6. The number of H-pyrrole nitrogens is 1. The summed E-state index contributed by atoms with van der Waals surface area (Å²) in [6, 6.07) is 20.0. The Hall–Kier alpha value is -3.62. The van der Waals surface area contributed by atoms with Crippen LogP contribution in [0.25, 0.3) is 5.69 Å². The lowest BCUT2D eigenvalue weighted by molar-refractivity contribution is 0.429. The number of fused-ring (bicyclic) bond motifs is 1. The minimum absolute atomic E-state index is 0.107. The molecule has 1 aromatic heterocycles. The first kappa shape index (κ1) is 22.2. The molecule has 170 valence electrons. The number of thioether (sulfide) groups is 1. The molecule has 2 heterocycles. The standard InChI is InChI=1S/C25H17ClFN3O3S/c26-15-4-3-5-17(12-15)30-24(32)22(23(31)29-25(30)33)19-13-21(14-8-10-16(27)11-9-14)34-20-7-2-1-6-18(20)28-19/h1-12,21,32H,13H2,(H,29,31,33)/t21-/m1/s1. The van der Waals surface area contributed by atoms with Gasteiger partial charge in [0.2, 0.25) is 5.88 Å². The number of benzene rings is 3. The van der Waals surface area contributed by atoms with Crippen molar-refractivity contribution in [2.45, 2.75) is 16.6 Å². The van der Waals surface area contributed by atoms with E-state index in [0.29, 0.717) is 22.1 Å². The Kier molecular flexibility index (Phi) is 5.85. The van der Waals surface area contributed by atoms with Crippen LogP contribution in [-0.2, 0) is 0 Å². The summed E-state index contributed by atoms with van der Waals surface area (Å²) < 4.78 is 14.5. The van der Waals surface area contributed by atoms with Crippen LogP contribution in [0.2, 0.25) is 5.02 Å².